The number of hydrogen-bond acceptors (Lipinski definition) is 5. The number of carbonyl (C=O) groups is 1. The van der Waals surface area contributed by atoms with Crippen LogP contribution in [-0.2, 0) is 4.79 Å². The fourth-order valence-corrected chi connectivity index (χ4v) is 3.76. The Balaban J connectivity index is 1.62. The Morgan fingerprint density at radius 3 is 2.61 bits per heavy atom. The van der Waals surface area contributed by atoms with Crippen LogP contribution in [0.5, 0.6) is 5.75 Å². The number of carbonyl (C=O) groups excluding carboxylic acids is 1. The van der Waals surface area contributed by atoms with E-state index in [0.29, 0.717) is 22.2 Å². The number of ether oxygens (including phenoxy) is 1. The first-order chi connectivity index (χ1) is 13.7. The first kappa shape index (κ1) is 18.1. The molecule has 1 aromatic heterocycles. The monoisotopic (exact) mass is 390 g/mol. The number of nitrogens with one attached hydrogen (secondary N) is 1. The van der Waals surface area contributed by atoms with Gasteiger partial charge in [-0.05, 0) is 41.6 Å². The lowest BCUT2D eigenvalue weighted by atomic mass is 10.1. The topological polar surface area (TPSA) is 64.4 Å². The van der Waals surface area contributed by atoms with E-state index in [9.17, 15) is 4.79 Å². The molecule has 0 aliphatic rings. The molecule has 1 atom stereocenters. The van der Waals surface area contributed by atoms with E-state index in [-0.39, 0.29) is 5.91 Å². The Morgan fingerprint density at radius 2 is 1.82 bits per heavy atom. The van der Waals surface area contributed by atoms with Gasteiger partial charge in [-0.25, -0.2) is 4.98 Å². The average molecular weight is 390 g/mol. The molecule has 1 heterocycles. The van der Waals surface area contributed by atoms with Gasteiger partial charge in [0, 0.05) is 11.8 Å². The van der Waals surface area contributed by atoms with Crippen LogP contribution in [0.15, 0.2) is 88.5 Å². The number of aromatic nitrogens is 1. The predicted molar refractivity (Wildman–Crippen MR) is 111 cm³/mol. The zero-order valence-corrected chi connectivity index (χ0v) is 16.0. The number of hydrogen-bond donors (Lipinski definition) is 1. The third-order valence-corrected chi connectivity index (χ3v) is 5.27. The SMILES string of the molecule is COc1cccc(NC(=O)[C@@H](Sc2nc3ccccc3o2)c2ccccc2)c1. The second-order valence-electron chi connectivity index (χ2n) is 6.08. The molecular formula is C22H18N2O3S. The predicted octanol–water partition coefficient (Wildman–Crippen LogP) is 5.31. The van der Waals surface area contributed by atoms with Gasteiger partial charge in [0.05, 0.1) is 7.11 Å². The Kier molecular flexibility index (Phi) is 5.30. The number of nitrogens with zero attached hydrogens (tertiary/aromatic N) is 1. The molecule has 0 unspecified atom stereocenters. The zero-order chi connectivity index (χ0) is 19.3. The summed E-state index contributed by atoms with van der Waals surface area (Å²) in [6.45, 7) is 0. The molecule has 6 heteroatoms. The Morgan fingerprint density at radius 1 is 1.04 bits per heavy atom. The summed E-state index contributed by atoms with van der Waals surface area (Å²) in [5.74, 6) is 0.521. The van der Waals surface area contributed by atoms with E-state index in [1.54, 1.807) is 13.2 Å². The number of thioether (sulfide) groups is 1. The molecule has 0 saturated carbocycles. The van der Waals surface area contributed by atoms with Gasteiger partial charge in [-0.1, -0.05) is 48.5 Å². The first-order valence-corrected chi connectivity index (χ1v) is 9.63. The van der Waals surface area contributed by atoms with Crippen molar-refractivity contribution in [3.8, 4) is 5.75 Å². The van der Waals surface area contributed by atoms with Gasteiger partial charge in [0.2, 0.25) is 5.91 Å². The van der Waals surface area contributed by atoms with Crippen LogP contribution in [0.25, 0.3) is 11.1 Å². The summed E-state index contributed by atoms with van der Waals surface area (Å²) in [5, 5.41) is 2.90. The minimum atomic E-state index is -0.513. The molecule has 0 saturated heterocycles. The van der Waals surface area contributed by atoms with E-state index in [1.807, 2.05) is 72.8 Å². The number of benzene rings is 3. The Hall–Kier alpha value is -3.25. The molecule has 28 heavy (non-hydrogen) atoms. The lowest BCUT2D eigenvalue weighted by Crippen LogP contribution is -2.19. The van der Waals surface area contributed by atoms with Crippen molar-refractivity contribution in [3.63, 3.8) is 0 Å². The van der Waals surface area contributed by atoms with E-state index in [0.717, 1.165) is 11.1 Å². The maximum atomic E-state index is 13.1. The van der Waals surface area contributed by atoms with Crippen molar-refractivity contribution in [3.05, 3.63) is 84.4 Å². The lowest BCUT2D eigenvalue weighted by Gasteiger charge is -2.15. The molecular weight excluding hydrogens is 372 g/mol. The number of amides is 1. The van der Waals surface area contributed by atoms with Crippen LogP contribution < -0.4 is 10.1 Å². The highest BCUT2D eigenvalue weighted by Crippen LogP contribution is 2.37. The summed E-state index contributed by atoms with van der Waals surface area (Å²) in [7, 11) is 1.59. The van der Waals surface area contributed by atoms with Crippen LogP contribution in [0.2, 0.25) is 0 Å². The summed E-state index contributed by atoms with van der Waals surface area (Å²) in [6, 6.07) is 24.4. The quantitative estimate of drug-likeness (QED) is 0.452. The van der Waals surface area contributed by atoms with Crippen LogP contribution >= 0.6 is 11.8 Å². The van der Waals surface area contributed by atoms with Crippen molar-refractivity contribution in [1.82, 2.24) is 4.98 Å². The van der Waals surface area contributed by atoms with Gasteiger partial charge in [0.1, 0.15) is 16.5 Å². The van der Waals surface area contributed by atoms with Crippen molar-refractivity contribution >= 4 is 34.5 Å². The smallest absolute Gasteiger partial charge is 0.257 e. The minimum absolute atomic E-state index is 0.160. The Labute approximate surface area is 166 Å². The van der Waals surface area contributed by atoms with Gasteiger partial charge in [0.15, 0.2) is 5.58 Å². The molecule has 4 rings (SSSR count). The van der Waals surface area contributed by atoms with E-state index in [4.69, 9.17) is 9.15 Å². The molecule has 0 aliphatic heterocycles. The summed E-state index contributed by atoms with van der Waals surface area (Å²) in [4.78, 5) is 17.6. The molecule has 140 valence electrons. The highest BCUT2D eigenvalue weighted by Gasteiger charge is 2.25. The Bertz CT molecular complexity index is 1060. The second-order valence-corrected chi connectivity index (χ2v) is 7.13. The third kappa shape index (κ3) is 4.02. The molecule has 1 N–H and O–H groups in total. The van der Waals surface area contributed by atoms with E-state index in [1.165, 1.54) is 11.8 Å². The molecule has 0 radical (unpaired) electrons. The van der Waals surface area contributed by atoms with Crippen molar-refractivity contribution in [2.24, 2.45) is 0 Å². The summed E-state index contributed by atoms with van der Waals surface area (Å²) in [5.41, 5.74) is 3.01. The van der Waals surface area contributed by atoms with Gasteiger partial charge in [-0.2, -0.15) is 0 Å². The van der Waals surface area contributed by atoms with Gasteiger partial charge in [-0.15, -0.1) is 0 Å². The van der Waals surface area contributed by atoms with Crippen molar-refractivity contribution in [2.45, 2.75) is 10.5 Å². The van der Waals surface area contributed by atoms with Crippen LogP contribution in [0.3, 0.4) is 0 Å². The molecule has 3 aromatic carbocycles. The van der Waals surface area contributed by atoms with Crippen molar-refractivity contribution < 1.29 is 13.9 Å². The number of fused-ring (bicyclic) bond motifs is 1. The molecule has 5 nitrogen and oxygen atoms in total. The highest BCUT2D eigenvalue weighted by molar-refractivity contribution is 8.00. The molecule has 0 aliphatic carbocycles. The normalized spacial score (nSPS) is 11.9. The molecule has 0 bridgehead atoms. The van der Waals surface area contributed by atoms with Crippen molar-refractivity contribution in [1.29, 1.82) is 0 Å². The maximum Gasteiger partial charge on any atom is 0.257 e. The minimum Gasteiger partial charge on any atom is -0.497 e. The van der Waals surface area contributed by atoms with E-state index >= 15 is 0 Å². The van der Waals surface area contributed by atoms with E-state index < -0.39 is 5.25 Å². The molecule has 4 aromatic rings. The lowest BCUT2D eigenvalue weighted by molar-refractivity contribution is -0.115. The molecule has 0 fully saturated rings. The van der Waals surface area contributed by atoms with E-state index in [2.05, 4.69) is 10.3 Å². The zero-order valence-electron chi connectivity index (χ0n) is 15.2. The molecule has 1 amide bonds. The van der Waals surface area contributed by atoms with Crippen LogP contribution in [0, 0.1) is 0 Å². The van der Waals surface area contributed by atoms with Crippen LogP contribution in [-0.4, -0.2) is 18.0 Å². The van der Waals surface area contributed by atoms with Gasteiger partial charge >= 0.3 is 0 Å². The number of para-hydroxylation sites is 2. The molecule has 0 spiro atoms. The summed E-state index contributed by atoms with van der Waals surface area (Å²) < 4.78 is 11.0. The highest BCUT2D eigenvalue weighted by atomic mass is 32.2. The van der Waals surface area contributed by atoms with Crippen LogP contribution in [0.4, 0.5) is 5.69 Å². The fraction of sp³-hybridized carbons (Fsp3) is 0.0909. The van der Waals surface area contributed by atoms with Crippen molar-refractivity contribution in [2.75, 3.05) is 12.4 Å². The number of anilines is 1. The maximum absolute atomic E-state index is 13.1. The average Bonchev–Trinajstić information content (AvgIpc) is 3.15. The van der Waals surface area contributed by atoms with Gasteiger partial charge in [0.25, 0.3) is 5.22 Å². The number of oxazole rings is 1. The fourth-order valence-electron chi connectivity index (χ4n) is 2.81. The third-order valence-electron chi connectivity index (χ3n) is 4.17. The standard InChI is InChI=1S/C22H18N2O3S/c1-26-17-11-7-10-16(14-17)23-21(25)20(15-8-3-2-4-9-15)28-22-24-18-12-5-6-13-19(18)27-22/h2-14,20H,1H3,(H,23,25)/t20-/m0/s1. The first-order valence-electron chi connectivity index (χ1n) is 8.75. The van der Waals surface area contributed by atoms with Gasteiger partial charge in [-0.3, -0.25) is 4.79 Å². The van der Waals surface area contributed by atoms with Crippen LogP contribution in [0.1, 0.15) is 10.8 Å². The van der Waals surface area contributed by atoms with Gasteiger partial charge < -0.3 is 14.5 Å². The summed E-state index contributed by atoms with van der Waals surface area (Å²) >= 11 is 1.28. The second kappa shape index (κ2) is 8.19. The number of methoxy groups -OCH3 is 1. The number of rotatable bonds is 6. The largest absolute Gasteiger partial charge is 0.497 e. The summed E-state index contributed by atoms with van der Waals surface area (Å²) in [6.07, 6.45) is 0.